The summed E-state index contributed by atoms with van der Waals surface area (Å²) in [6, 6.07) is 2.89. The molecule has 17 heavy (non-hydrogen) atoms. The summed E-state index contributed by atoms with van der Waals surface area (Å²) in [5, 5.41) is 5.77. The number of nitrogens with one attached hydrogen (secondary N) is 2. The maximum atomic E-state index is 11.4. The molecule has 1 aliphatic rings. The Morgan fingerprint density at radius 3 is 2.76 bits per heavy atom. The van der Waals surface area contributed by atoms with Crippen LogP contribution in [0.4, 0.5) is 0 Å². The predicted octanol–water partition coefficient (Wildman–Crippen LogP) is 1.28. The molecule has 0 atom stereocenters. The van der Waals surface area contributed by atoms with Gasteiger partial charge in [0, 0.05) is 24.0 Å². The van der Waals surface area contributed by atoms with Crippen LogP contribution in [0.15, 0.2) is 6.07 Å². The van der Waals surface area contributed by atoms with Gasteiger partial charge in [0.05, 0.1) is 6.54 Å². The first-order chi connectivity index (χ1) is 8.13. The molecule has 2 N–H and O–H groups in total. The lowest BCUT2D eigenvalue weighted by Crippen LogP contribution is -2.31. The number of aromatic nitrogens is 1. The van der Waals surface area contributed by atoms with E-state index in [4.69, 9.17) is 0 Å². The number of nitrogens with zero attached hydrogens (tertiary/aromatic N) is 1. The third-order valence-electron chi connectivity index (χ3n) is 3.31. The Bertz CT molecular complexity index is 419. The van der Waals surface area contributed by atoms with Crippen molar-refractivity contribution in [1.82, 2.24) is 15.2 Å². The van der Waals surface area contributed by atoms with Crippen molar-refractivity contribution in [3.05, 3.63) is 23.0 Å². The topological polar surface area (TPSA) is 46.1 Å². The monoisotopic (exact) mass is 235 g/mol. The summed E-state index contributed by atoms with van der Waals surface area (Å²) in [7, 11) is 1.78. The summed E-state index contributed by atoms with van der Waals surface area (Å²) >= 11 is 0. The van der Waals surface area contributed by atoms with Crippen LogP contribution >= 0.6 is 0 Å². The third-order valence-corrected chi connectivity index (χ3v) is 3.31. The average Bonchev–Trinajstić information content (AvgIpc) is 3.05. The smallest absolute Gasteiger partial charge is 0.234 e. The zero-order valence-corrected chi connectivity index (χ0v) is 10.8. The summed E-state index contributed by atoms with van der Waals surface area (Å²) < 4.78 is 2.40. The van der Waals surface area contributed by atoms with E-state index < -0.39 is 0 Å². The number of hydrogen-bond acceptors (Lipinski definition) is 2. The third kappa shape index (κ3) is 2.69. The van der Waals surface area contributed by atoms with Gasteiger partial charge in [-0.25, -0.2) is 0 Å². The minimum atomic E-state index is 0.0451. The summed E-state index contributed by atoms with van der Waals surface area (Å²) in [5.41, 5.74) is 3.84. The molecule has 4 heteroatoms. The first-order valence-electron chi connectivity index (χ1n) is 6.22. The quantitative estimate of drug-likeness (QED) is 0.807. The number of carbonyl (C=O) groups is 1. The Hall–Kier alpha value is -1.29. The summed E-state index contributed by atoms with van der Waals surface area (Å²) in [6.45, 7) is 5.30. The van der Waals surface area contributed by atoms with Crippen LogP contribution in [0.25, 0.3) is 0 Å². The number of hydrogen-bond donors (Lipinski definition) is 2. The van der Waals surface area contributed by atoms with Gasteiger partial charge in [0.25, 0.3) is 0 Å². The number of amides is 1. The van der Waals surface area contributed by atoms with Crippen LogP contribution in [0.1, 0.15) is 35.8 Å². The van der Waals surface area contributed by atoms with E-state index in [-0.39, 0.29) is 5.91 Å². The van der Waals surface area contributed by atoms with Crippen molar-refractivity contribution in [2.24, 2.45) is 0 Å². The van der Waals surface area contributed by atoms with Gasteiger partial charge in [0.1, 0.15) is 0 Å². The van der Waals surface area contributed by atoms with Gasteiger partial charge in [-0.1, -0.05) is 0 Å². The van der Waals surface area contributed by atoms with E-state index in [0.717, 1.165) is 0 Å². The van der Waals surface area contributed by atoms with Gasteiger partial charge >= 0.3 is 0 Å². The number of rotatable bonds is 5. The molecular weight excluding hydrogens is 214 g/mol. The number of carbonyl (C=O) groups excluding carboxylic acids is 1. The highest BCUT2D eigenvalue weighted by Crippen LogP contribution is 2.38. The lowest BCUT2D eigenvalue weighted by Gasteiger charge is -2.08. The average molecular weight is 235 g/mol. The minimum Gasteiger partial charge on any atom is -0.351 e. The molecule has 0 bridgehead atoms. The molecule has 1 saturated carbocycles. The first kappa shape index (κ1) is 12.2. The Morgan fingerprint density at radius 2 is 2.18 bits per heavy atom. The molecule has 1 aliphatic carbocycles. The second-order valence-corrected chi connectivity index (χ2v) is 4.80. The fourth-order valence-corrected chi connectivity index (χ4v) is 2.34. The Balaban J connectivity index is 2.01. The fraction of sp³-hybridized carbons (Fsp3) is 0.615. The van der Waals surface area contributed by atoms with Crippen molar-refractivity contribution < 1.29 is 4.79 Å². The molecule has 94 valence electrons. The van der Waals surface area contributed by atoms with Crippen LogP contribution in [0, 0.1) is 13.8 Å². The lowest BCUT2D eigenvalue weighted by molar-refractivity contribution is -0.120. The van der Waals surface area contributed by atoms with Crippen molar-refractivity contribution in [3.8, 4) is 0 Å². The lowest BCUT2D eigenvalue weighted by atomic mass is 10.2. The molecule has 1 amide bonds. The molecule has 0 radical (unpaired) electrons. The van der Waals surface area contributed by atoms with E-state index in [2.05, 4.69) is 35.1 Å². The van der Waals surface area contributed by atoms with E-state index in [1.807, 2.05) is 0 Å². The maximum Gasteiger partial charge on any atom is 0.234 e. The Kier molecular flexibility index (Phi) is 3.52. The number of aryl methyl sites for hydroxylation is 1. The molecular formula is C13H21N3O. The summed E-state index contributed by atoms with van der Waals surface area (Å²) in [4.78, 5) is 11.4. The van der Waals surface area contributed by atoms with Crippen LogP contribution in [-0.2, 0) is 11.3 Å². The van der Waals surface area contributed by atoms with Gasteiger partial charge < -0.3 is 15.2 Å². The predicted molar refractivity (Wildman–Crippen MR) is 68.0 cm³/mol. The largest absolute Gasteiger partial charge is 0.351 e. The molecule has 4 nitrogen and oxygen atoms in total. The van der Waals surface area contributed by atoms with E-state index >= 15 is 0 Å². The molecule has 1 fully saturated rings. The molecule has 0 aliphatic heterocycles. The summed E-state index contributed by atoms with van der Waals surface area (Å²) in [5.74, 6) is 0.0451. The van der Waals surface area contributed by atoms with Gasteiger partial charge in [-0.15, -0.1) is 0 Å². The van der Waals surface area contributed by atoms with Gasteiger partial charge in [-0.05, 0) is 45.4 Å². The molecule has 1 aromatic heterocycles. The van der Waals surface area contributed by atoms with E-state index in [0.29, 0.717) is 19.1 Å². The van der Waals surface area contributed by atoms with Crippen molar-refractivity contribution >= 4 is 5.91 Å². The zero-order chi connectivity index (χ0) is 12.4. The van der Waals surface area contributed by atoms with Crippen LogP contribution < -0.4 is 10.6 Å². The van der Waals surface area contributed by atoms with Crippen LogP contribution in [0.5, 0.6) is 0 Å². The SMILES string of the molecule is CNCC(=O)NCc1cc(C)n(C2CC2)c1C. The van der Waals surface area contributed by atoms with Crippen LogP contribution in [0.2, 0.25) is 0 Å². The normalized spacial score (nSPS) is 15.0. The minimum absolute atomic E-state index is 0.0451. The standard InChI is InChI=1S/C13H21N3O/c1-9-6-11(7-15-13(17)8-14-3)10(2)16(9)12-4-5-12/h6,12,14H,4-5,7-8H2,1-3H3,(H,15,17). The zero-order valence-electron chi connectivity index (χ0n) is 10.8. The molecule has 0 spiro atoms. The highest BCUT2D eigenvalue weighted by Gasteiger charge is 2.26. The Morgan fingerprint density at radius 1 is 1.47 bits per heavy atom. The van der Waals surface area contributed by atoms with Crippen molar-refractivity contribution in [1.29, 1.82) is 0 Å². The van der Waals surface area contributed by atoms with E-state index in [1.54, 1.807) is 7.05 Å². The van der Waals surface area contributed by atoms with Crippen LogP contribution in [-0.4, -0.2) is 24.1 Å². The molecule has 2 rings (SSSR count). The van der Waals surface area contributed by atoms with Gasteiger partial charge in [0.15, 0.2) is 0 Å². The maximum absolute atomic E-state index is 11.4. The van der Waals surface area contributed by atoms with Gasteiger partial charge in [0.2, 0.25) is 5.91 Å². The number of likely N-dealkylation sites (N-methyl/N-ethyl adjacent to an activating group) is 1. The fourth-order valence-electron chi connectivity index (χ4n) is 2.34. The molecule has 1 heterocycles. The molecule has 0 aromatic carbocycles. The first-order valence-corrected chi connectivity index (χ1v) is 6.22. The van der Waals surface area contributed by atoms with E-state index in [9.17, 15) is 4.79 Å². The highest BCUT2D eigenvalue weighted by molar-refractivity contribution is 5.77. The van der Waals surface area contributed by atoms with Crippen molar-refractivity contribution in [2.75, 3.05) is 13.6 Å². The van der Waals surface area contributed by atoms with Crippen LogP contribution in [0.3, 0.4) is 0 Å². The Labute approximate surface area is 102 Å². The van der Waals surface area contributed by atoms with Crippen molar-refractivity contribution in [2.45, 2.75) is 39.3 Å². The summed E-state index contributed by atoms with van der Waals surface area (Å²) in [6.07, 6.45) is 2.59. The molecule has 0 unspecified atom stereocenters. The molecule has 0 saturated heterocycles. The molecule has 1 aromatic rings. The van der Waals surface area contributed by atoms with E-state index in [1.165, 1.54) is 29.8 Å². The highest BCUT2D eigenvalue weighted by atomic mass is 16.1. The van der Waals surface area contributed by atoms with Gasteiger partial charge in [-0.3, -0.25) is 4.79 Å². The second kappa shape index (κ2) is 4.92. The van der Waals surface area contributed by atoms with Gasteiger partial charge in [-0.2, -0.15) is 0 Å². The van der Waals surface area contributed by atoms with Crippen molar-refractivity contribution in [3.63, 3.8) is 0 Å². The second-order valence-electron chi connectivity index (χ2n) is 4.80.